The molecular weight excluding hydrogens is 318 g/mol. The maximum Gasteiger partial charge on any atom is 0.326 e. The number of aromatic nitrogens is 2. The zero-order chi connectivity index (χ0) is 19.0. The quantitative estimate of drug-likeness (QED) is 0.823. The number of hydrogen-bond donors (Lipinski definition) is 2. The Kier molecular flexibility index (Phi) is 5.30. The van der Waals surface area contributed by atoms with Gasteiger partial charge in [0.2, 0.25) is 0 Å². The molecule has 1 fully saturated rings. The Hall–Kier alpha value is -1.85. The van der Waals surface area contributed by atoms with Crippen molar-refractivity contribution in [1.82, 2.24) is 15.1 Å². The monoisotopic (exact) mass is 349 g/mol. The van der Waals surface area contributed by atoms with Gasteiger partial charge in [0, 0.05) is 11.6 Å². The van der Waals surface area contributed by atoms with Crippen LogP contribution in [-0.2, 0) is 10.3 Å². The summed E-state index contributed by atoms with van der Waals surface area (Å²) in [4.78, 5) is 24.1. The van der Waals surface area contributed by atoms with E-state index in [0.717, 1.165) is 18.5 Å². The molecule has 2 rings (SSSR count). The first kappa shape index (κ1) is 19.5. The lowest BCUT2D eigenvalue weighted by Crippen LogP contribution is -2.41. The normalized spacial score (nSPS) is 16.6. The second kappa shape index (κ2) is 6.81. The minimum absolute atomic E-state index is 0.0192. The Labute approximate surface area is 150 Å². The summed E-state index contributed by atoms with van der Waals surface area (Å²) in [5.41, 5.74) is 1.18. The second-order valence-corrected chi connectivity index (χ2v) is 9.27. The highest BCUT2D eigenvalue weighted by atomic mass is 16.4. The standard InChI is InChI=1S/C19H31N3O3/c1-18(2,3)10-9-13(17(24)25)20-16(23)14-11-15(12-7-8-12)22(21-14)19(4,5)6/h11-13H,7-10H2,1-6H3,(H,20,23)(H,24,25). The second-order valence-electron chi connectivity index (χ2n) is 9.27. The number of hydrogen-bond acceptors (Lipinski definition) is 3. The van der Waals surface area contributed by atoms with Crippen LogP contribution in [0.1, 0.15) is 89.3 Å². The number of rotatable bonds is 6. The summed E-state index contributed by atoms with van der Waals surface area (Å²) >= 11 is 0. The molecule has 0 spiro atoms. The van der Waals surface area contributed by atoms with Gasteiger partial charge in [-0.1, -0.05) is 20.8 Å². The molecule has 6 nitrogen and oxygen atoms in total. The van der Waals surface area contributed by atoms with E-state index in [4.69, 9.17) is 0 Å². The van der Waals surface area contributed by atoms with Gasteiger partial charge in [-0.25, -0.2) is 4.79 Å². The van der Waals surface area contributed by atoms with Crippen molar-refractivity contribution < 1.29 is 14.7 Å². The molecule has 1 aliphatic carbocycles. The van der Waals surface area contributed by atoms with Crippen LogP contribution in [0, 0.1) is 5.41 Å². The molecule has 1 amide bonds. The van der Waals surface area contributed by atoms with Crippen LogP contribution in [0.5, 0.6) is 0 Å². The Morgan fingerprint density at radius 3 is 2.32 bits per heavy atom. The first-order valence-corrected chi connectivity index (χ1v) is 9.02. The maximum absolute atomic E-state index is 12.6. The van der Waals surface area contributed by atoms with E-state index in [1.807, 2.05) is 10.7 Å². The summed E-state index contributed by atoms with van der Waals surface area (Å²) in [5, 5.41) is 16.5. The van der Waals surface area contributed by atoms with E-state index in [2.05, 4.69) is 52.0 Å². The lowest BCUT2D eigenvalue weighted by molar-refractivity contribution is -0.139. The van der Waals surface area contributed by atoms with Crippen molar-refractivity contribution in [2.75, 3.05) is 0 Å². The largest absolute Gasteiger partial charge is 0.480 e. The number of carbonyl (C=O) groups is 2. The van der Waals surface area contributed by atoms with Crippen molar-refractivity contribution >= 4 is 11.9 Å². The fourth-order valence-corrected chi connectivity index (χ4v) is 2.78. The van der Waals surface area contributed by atoms with Crippen LogP contribution in [0.15, 0.2) is 6.07 Å². The number of carbonyl (C=O) groups excluding carboxylic acids is 1. The van der Waals surface area contributed by atoms with Gasteiger partial charge in [0.05, 0.1) is 5.54 Å². The first-order chi connectivity index (χ1) is 11.4. The lowest BCUT2D eigenvalue weighted by atomic mass is 9.88. The highest BCUT2D eigenvalue weighted by molar-refractivity contribution is 5.95. The Morgan fingerprint density at radius 1 is 1.28 bits per heavy atom. The van der Waals surface area contributed by atoms with Crippen LogP contribution in [-0.4, -0.2) is 32.8 Å². The van der Waals surface area contributed by atoms with Gasteiger partial charge in [0.1, 0.15) is 11.7 Å². The van der Waals surface area contributed by atoms with Gasteiger partial charge >= 0.3 is 5.97 Å². The van der Waals surface area contributed by atoms with E-state index in [0.29, 0.717) is 24.5 Å². The van der Waals surface area contributed by atoms with E-state index < -0.39 is 17.9 Å². The third-order valence-corrected chi connectivity index (χ3v) is 4.39. The molecule has 1 aromatic rings. The van der Waals surface area contributed by atoms with Crippen LogP contribution in [0.2, 0.25) is 0 Å². The molecule has 6 heteroatoms. The molecular formula is C19H31N3O3. The SMILES string of the molecule is CC(C)(C)CCC(NC(=O)c1cc(C2CC2)n(C(C)(C)C)n1)C(=O)O. The van der Waals surface area contributed by atoms with E-state index in [1.165, 1.54) is 0 Å². The fraction of sp³-hybridized carbons (Fsp3) is 0.737. The van der Waals surface area contributed by atoms with Gasteiger partial charge in [-0.2, -0.15) is 5.10 Å². The van der Waals surface area contributed by atoms with Crippen molar-refractivity contribution in [2.24, 2.45) is 5.41 Å². The molecule has 1 aliphatic rings. The molecule has 0 saturated heterocycles. The average Bonchev–Trinajstić information content (AvgIpc) is 3.18. The maximum atomic E-state index is 12.6. The lowest BCUT2D eigenvalue weighted by Gasteiger charge is -2.22. The first-order valence-electron chi connectivity index (χ1n) is 9.02. The summed E-state index contributed by atoms with van der Waals surface area (Å²) in [6.07, 6.45) is 3.35. The Morgan fingerprint density at radius 2 is 1.88 bits per heavy atom. The summed E-state index contributed by atoms with van der Waals surface area (Å²) in [6.45, 7) is 12.3. The zero-order valence-electron chi connectivity index (χ0n) is 16.2. The molecule has 1 unspecified atom stereocenters. The van der Waals surface area contributed by atoms with Crippen molar-refractivity contribution in [3.63, 3.8) is 0 Å². The van der Waals surface area contributed by atoms with E-state index >= 15 is 0 Å². The van der Waals surface area contributed by atoms with Gasteiger partial charge < -0.3 is 10.4 Å². The molecule has 140 valence electrons. The topological polar surface area (TPSA) is 84.2 Å². The molecule has 25 heavy (non-hydrogen) atoms. The molecule has 1 atom stereocenters. The van der Waals surface area contributed by atoms with Crippen molar-refractivity contribution in [3.05, 3.63) is 17.5 Å². The summed E-state index contributed by atoms with van der Waals surface area (Å²) in [7, 11) is 0. The fourth-order valence-electron chi connectivity index (χ4n) is 2.78. The van der Waals surface area contributed by atoms with Crippen LogP contribution in [0.4, 0.5) is 0 Å². The van der Waals surface area contributed by atoms with E-state index in [9.17, 15) is 14.7 Å². The Balaban J connectivity index is 2.15. The third-order valence-electron chi connectivity index (χ3n) is 4.39. The minimum atomic E-state index is -1.00. The minimum Gasteiger partial charge on any atom is -0.480 e. The summed E-state index contributed by atoms with van der Waals surface area (Å²) in [5.74, 6) is -0.953. The van der Waals surface area contributed by atoms with Crippen LogP contribution >= 0.6 is 0 Å². The molecule has 1 heterocycles. The predicted molar refractivity (Wildman–Crippen MR) is 96.8 cm³/mol. The molecule has 1 saturated carbocycles. The molecule has 2 N–H and O–H groups in total. The number of carboxylic acids is 1. The summed E-state index contributed by atoms with van der Waals surface area (Å²) in [6, 6.07) is 0.928. The summed E-state index contributed by atoms with van der Waals surface area (Å²) < 4.78 is 1.91. The van der Waals surface area contributed by atoms with Gasteiger partial charge in [0.25, 0.3) is 5.91 Å². The van der Waals surface area contributed by atoms with Crippen molar-refractivity contribution in [3.8, 4) is 0 Å². The van der Waals surface area contributed by atoms with Gasteiger partial charge in [0.15, 0.2) is 0 Å². The van der Waals surface area contributed by atoms with E-state index in [1.54, 1.807) is 0 Å². The van der Waals surface area contributed by atoms with Gasteiger partial charge in [-0.3, -0.25) is 9.48 Å². The molecule has 0 bridgehead atoms. The van der Waals surface area contributed by atoms with Crippen molar-refractivity contribution in [2.45, 2.75) is 84.7 Å². The highest BCUT2D eigenvalue weighted by Crippen LogP contribution is 2.41. The number of aliphatic carboxylic acids is 1. The van der Waals surface area contributed by atoms with Crippen LogP contribution in [0.3, 0.4) is 0 Å². The van der Waals surface area contributed by atoms with Gasteiger partial charge in [-0.05, 0) is 57.9 Å². The number of amides is 1. The van der Waals surface area contributed by atoms with Crippen LogP contribution < -0.4 is 5.32 Å². The van der Waals surface area contributed by atoms with Gasteiger partial charge in [-0.15, -0.1) is 0 Å². The smallest absolute Gasteiger partial charge is 0.326 e. The highest BCUT2D eigenvalue weighted by Gasteiger charge is 2.33. The van der Waals surface area contributed by atoms with Crippen LogP contribution in [0.25, 0.3) is 0 Å². The number of nitrogens with zero attached hydrogens (tertiary/aromatic N) is 2. The third kappa shape index (κ3) is 5.31. The van der Waals surface area contributed by atoms with Crippen molar-refractivity contribution in [1.29, 1.82) is 0 Å². The number of nitrogens with one attached hydrogen (secondary N) is 1. The molecule has 0 radical (unpaired) electrons. The average molecular weight is 349 g/mol. The Bertz CT molecular complexity index is 646. The molecule has 0 aromatic carbocycles. The molecule has 0 aliphatic heterocycles. The molecule has 1 aromatic heterocycles. The zero-order valence-corrected chi connectivity index (χ0v) is 16.2. The number of carboxylic acid groups (broad SMARTS) is 1. The predicted octanol–water partition coefficient (Wildman–Crippen LogP) is 3.52. The van der Waals surface area contributed by atoms with E-state index in [-0.39, 0.29) is 11.0 Å².